The molecular formula is C17H21F3N2O. The van der Waals surface area contributed by atoms with Crippen molar-refractivity contribution in [3.63, 3.8) is 0 Å². The van der Waals surface area contributed by atoms with E-state index in [4.69, 9.17) is 0 Å². The summed E-state index contributed by atoms with van der Waals surface area (Å²) in [6, 6.07) is 5.80. The Labute approximate surface area is 133 Å². The first-order chi connectivity index (χ1) is 10.7. The van der Waals surface area contributed by atoms with Gasteiger partial charge < -0.3 is 10.6 Å². The predicted molar refractivity (Wildman–Crippen MR) is 81.0 cm³/mol. The van der Waals surface area contributed by atoms with E-state index in [-0.39, 0.29) is 31.8 Å². The predicted octanol–water partition coefficient (Wildman–Crippen LogP) is 2.50. The average molecular weight is 326 g/mol. The van der Waals surface area contributed by atoms with E-state index in [1.54, 1.807) is 0 Å². The van der Waals surface area contributed by atoms with Crippen LogP contribution in [0.1, 0.15) is 23.1 Å². The second-order valence-electron chi connectivity index (χ2n) is 6.96. The molecule has 2 atom stereocenters. The highest BCUT2D eigenvalue weighted by Gasteiger charge is 2.81. The standard InChI is InChI=1S/C17H21F3N2O/c1-11-4-3-5-12(2)13(11)6-14(23)22-9-15-7-16(15,10-21-8-15)17(18,19)20/h3-5,21H,6-10H2,1-2H3,(H,22,23)/t15-,16-/m1/s1. The van der Waals surface area contributed by atoms with Crippen molar-refractivity contribution >= 4 is 5.91 Å². The Bertz CT molecular complexity index is 623. The van der Waals surface area contributed by atoms with Crippen LogP contribution in [-0.4, -0.2) is 31.7 Å². The zero-order valence-electron chi connectivity index (χ0n) is 13.3. The summed E-state index contributed by atoms with van der Waals surface area (Å²) < 4.78 is 39.8. The Balaban J connectivity index is 1.63. The number of fused-ring (bicyclic) bond motifs is 1. The van der Waals surface area contributed by atoms with Gasteiger partial charge in [0.05, 0.1) is 11.8 Å². The summed E-state index contributed by atoms with van der Waals surface area (Å²) in [4.78, 5) is 12.2. The third-order valence-corrected chi connectivity index (χ3v) is 5.57. The van der Waals surface area contributed by atoms with E-state index >= 15 is 0 Å². The zero-order valence-corrected chi connectivity index (χ0v) is 13.3. The summed E-state index contributed by atoms with van der Waals surface area (Å²) in [6.07, 6.45) is -3.89. The molecule has 1 saturated heterocycles. The molecule has 3 rings (SSSR count). The summed E-state index contributed by atoms with van der Waals surface area (Å²) in [5.41, 5.74) is 0.492. The largest absolute Gasteiger partial charge is 0.396 e. The zero-order chi connectivity index (χ0) is 16.9. The highest BCUT2D eigenvalue weighted by atomic mass is 19.4. The molecule has 1 heterocycles. The smallest absolute Gasteiger partial charge is 0.355 e. The van der Waals surface area contributed by atoms with Crippen LogP contribution in [0, 0.1) is 24.7 Å². The van der Waals surface area contributed by atoms with Gasteiger partial charge in [-0.15, -0.1) is 0 Å². The van der Waals surface area contributed by atoms with Crippen molar-refractivity contribution in [3.8, 4) is 0 Å². The Morgan fingerprint density at radius 3 is 2.48 bits per heavy atom. The molecule has 2 N–H and O–H groups in total. The number of aryl methyl sites for hydroxylation is 2. The first kappa shape index (κ1) is 16.3. The van der Waals surface area contributed by atoms with Gasteiger partial charge in [-0.1, -0.05) is 18.2 Å². The summed E-state index contributed by atoms with van der Waals surface area (Å²) >= 11 is 0. The number of alkyl halides is 3. The number of hydrogen-bond acceptors (Lipinski definition) is 2. The lowest BCUT2D eigenvalue weighted by Gasteiger charge is -2.21. The maximum atomic E-state index is 13.3. The van der Waals surface area contributed by atoms with Gasteiger partial charge in [0.2, 0.25) is 5.91 Å². The molecule has 1 aliphatic carbocycles. The summed E-state index contributed by atoms with van der Waals surface area (Å²) in [5, 5.41) is 5.56. The lowest BCUT2D eigenvalue weighted by molar-refractivity contribution is -0.190. The molecule has 6 heteroatoms. The van der Waals surface area contributed by atoms with Gasteiger partial charge in [0.1, 0.15) is 0 Å². The van der Waals surface area contributed by atoms with Crippen LogP contribution in [0.25, 0.3) is 0 Å². The topological polar surface area (TPSA) is 41.1 Å². The van der Waals surface area contributed by atoms with Crippen LogP contribution in [0.3, 0.4) is 0 Å². The maximum absolute atomic E-state index is 13.3. The van der Waals surface area contributed by atoms with Crippen LogP contribution in [0.2, 0.25) is 0 Å². The minimum atomic E-state index is -4.21. The van der Waals surface area contributed by atoms with E-state index in [0.717, 1.165) is 16.7 Å². The van der Waals surface area contributed by atoms with E-state index in [9.17, 15) is 18.0 Å². The SMILES string of the molecule is Cc1cccc(C)c1CC(=O)NC[C@@]12CNC[C@]1(C(F)(F)F)C2. The lowest BCUT2D eigenvalue weighted by atomic mass is 9.95. The van der Waals surface area contributed by atoms with Crippen molar-refractivity contribution in [1.82, 2.24) is 10.6 Å². The third-order valence-electron chi connectivity index (χ3n) is 5.57. The van der Waals surface area contributed by atoms with Crippen molar-refractivity contribution < 1.29 is 18.0 Å². The minimum absolute atomic E-state index is 0.0384. The Morgan fingerprint density at radius 2 is 1.91 bits per heavy atom. The van der Waals surface area contributed by atoms with Gasteiger partial charge in [0.15, 0.2) is 0 Å². The van der Waals surface area contributed by atoms with Crippen LogP contribution in [0.15, 0.2) is 18.2 Å². The number of rotatable bonds is 4. The summed E-state index contributed by atoms with van der Waals surface area (Å²) in [6.45, 7) is 4.23. The molecule has 2 fully saturated rings. The van der Waals surface area contributed by atoms with Crippen LogP contribution < -0.4 is 10.6 Å². The Hall–Kier alpha value is -1.56. The lowest BCUT2D eigenvalue weighted by Crippen LogP contribution is -2.38. The molecule has 0 radical (unpaired) electrons. The van der Waals surface area contributed by atoms with E-state index in [2.05, 4.69) is 10.6 Å². The van der Waals surface area contributed by atoms with Gasteiger partial charge in [-0.2, -0.15) is 13.2 Å². The van der Waals surface area contributed by atoms with E-state index < -0.39 is 17.0 Å². The first-order valence-electron chi connectivity index (χ1n) is 7.80. The number of nitrogens with one attached hydrogen (secondary N) is 2. The van der Waals surface area contributed by atoms with Gasteiger partial charge in [-0.3, -0.25) is 4.79 Å². The van der Waals surface area contributed by atoms with E-state index in [0.29, 0.717) is 6.54 Å². The van der Waals surface area contributed by atoms with Crippen molar-refractivity contribution in [2.24, 2.45) is 10.8 Å². The number of benzene rings is 1. The molecule has 0 spiro atoms. The molecule has 1 saturated carbocycles. The number of carbonyl (C=O) groups is 1. The maximum Gasteiger partial charge on any atom is 0.396 e. The summed E-state index contributed by atoms with van der Waals surface area (Å²) in [5.74, 6) is -0.216. The molecule has 1 aromatic rings. The van der Waals surface area contributed by atoms with Gasteiger partial charge in [0.25, 0.3) is 0 Å². The quantitative estimate of drug-likeness (QED) is 0.893. The Kier molecular flexibility index (Phi) is 3.71. The second-order valence-corrected chi connectivity index (χ2v) is 6.96. The molecule has 1 aliphatic heterocycles. The molecular weight excluding hydrogens is 305 g/mol. The van der Waals surface area contributed by atoms with Crippen LogP contribution in [0.5, 0.6) is 0 Å². The fourth-order valence-corrected chi connectivity index (χ4v) is 3.94. The van der Waals surface area contributed by atoms with Crippen LogP contribution in [-0.2, 0) is 11.2 Å². The molecule has 0 bridgehead atoms. The highest BCUT2D eigenvalue weighted by molar-refractivity contribution is 5.79. The average Bonchev–Trinajstić information content (AvgIpc) is 2.98. The van der Waals surface area contributed by atoms with Gasteiger partial charge in [-0.25, -0.2) is 0 Å². The number of hydrogen-bond donors (Lipinski definition) is 2. The van der Waals surface area contributed by atoms with Crippen molar-refractivity contribution in [2.45, 2.75) is 32.9 Å². The molecule has 0 aromatic heterocycles. The highest BCUT2D eigenvalue weighted by Crippen LogP contribution is 2.72. The molecule has 23 heavy (non-hydrogen) atoms. The fraction of sp³-hybridized carbons (Fsp3) is 0.588. The van der Waals surface area contributed by atoms with E-state index in [1.807, 2.05) is 32.0 Å². The van der Waals surface area contributed by atoms with Gasteiger partial charge >= 0.3 is 6.18 Å². The normalized spacial score (nSPS) is 29.3. The number of piperidine rings is 1. The van der Waals surface area contributed by atoms with Crippen molar-refractivity contribution in [2.75, 3.05) is 19.6 Å². The van der Waals surface area contributed by atoms with Crippen molar-refractivity contribution in [1.29, 1.82) is 0 Å². The molecule has 3 nitrogen and oxygen atoms in total. The summed E-state index contributed by atoms with van der Waals surface area (Å²) in [7, 11) is 0. The van der Waals surface area contributed by atoms with E-state index in [1.165, 1.54) is 0 Å². The molecule has 1 amide bonds. The first-order valence-corrected chi connectivity index (χ1v) is 7.80. The molecule has 0 unspecified atom stereocenters. The molecule has 1 aromatic carbocycles. The molecule has 126 valence electrons. The number of carbonyl (C=O) groups excluding carboxylic acids is 1. The van der Waals surface area contributed by atoms with Gasteiger partial charge in [0, 0.05) is 25.0 Å². The number of halogens is 3. The second kappa shape index (κ2) is 5.23. The van der Waals surface area contributed by atoms with Crippen molar-refractivity contribution in [3.05, 3.63) is 34.9 Å². The number of amides is 1. The van der Waals surface area contributed by atoms with Gasteiger partial charge in [-0.05, 0) is 37.0 Å². The van der Waals surface area contributed by atoms with Crippen LogP contribution >= 0.6 is 0 Å². The molecule has 2 aliphatic rings. The third kappa shape index (κ3) is 2.53. The minimum Gasteiger partial charge on any atom is -0.355 e. The Morgan fingerprint density at radius 1 is 1.26 bits per heavy atom. The fourth-order valence-electron chi connectivity index (χ4n) is 3.94. The van der Waals surface area contributed by atoms with Crippen LogP contribution in [0.4, 0.5) is 13.2 Å². The monoisotopic (exact) mass is 326 g/mol.